The van der Waals surface area contributed by atoms with E-state index in [1.165, 1.54) is 0 Å². The summed E-state index contributed by atoms with van der Waals surface area (Å²) in [5, 5.41) is 5.77. The lowest BCUT2D eigenvalue weighted by molar-refractivity contribution is -0.115. The average molecular weight is 207 g/mol. The molecule has 0 saturated heterocycles. The molecule has 0 spiro atoms. The second-order valence-electron chi connectivity index (χ2n) is 3.41. The highest BCUT2D eigenvalue weighted by Crippen LogP contribution is 2.11. The number of aryl methyl sites for hydroxylation is 2. The van der Waals surface area contributed by atoms with E-state index in [-0.39, 0.29) is 5.91 Å². The largest absolute Gasteiger partial charge is 0.323 e. The summed E-state index contributed by atoms with van der Waals surface area (Å²) in [6.07, 6.45) is 0. The number of rotatable bonds is 4. The molecule has 0 saturated carbocycles. The lowest BCUT2D eigenvalue weighted by atomic mass is 10.2. The molecule has 0 bridgehead atoms. The number of hydrogen-bond donors (Lipinski definition) is 2. The molecule has 0 radical (unpaired) electrons. The van der Waals surface area contributed by atoms with E-state index >= 15 is 0 Å². The van der Waals surface area contributed by atoms with Crippen LogP contribution >= 0.6 is 0 Å². The number of amides is 1. The van der Waals surface area contributed by atoms with Crippen LogP contribution in [0.2, 0.25) is 0 Å². The summed E-state index contributed by atoms with van der Waals surface area (Å²) in [5.41, 5.74) is 2.58. The number of nitrogens with one attached hydrogen (secondary N) is 2. The second-order valence-corrected chi connectivity index (χ2v) is 3.41. The zero-order valence-electron chi connectivity index (χ0n) is 9.42. The molecular formula is C11H17N3O. The highest BCUT2D eigenvalue weighted by atomic mass is 16.1. The molecule has 1 heterocycles. The molecule has 15 heavy (non-hydrogen) atoms. The van der Waals surface area contributed by atoms with Gasteiger partial charge in [-0.05, 0) is 32.5 Å². The molecule has 1 aromatic heterocycles. The zero-order valence-corrected chi connectivity index (χ0v) is 9.42. The van der Waals surface area contributed by atoms with Gasteiger partial charge in [-0.2, -0.15) is 0 Å². The minimum atomic E-state index is -0.0365. The number of anilines is 1. The predicted octanol–water partition coefficient (Wildman–Crippen LogP) is 1.25. The molecule has 0 unspecified atom stereocenters. The lowest BCUT2D eigenvalue weighted by Gasteiger charge is -2.08. The standard InChI is InChI=1S/C11H17N3O/c1-4-12-7-11(15)14-10-6-5-8(2)13-9(10)3/h5-6,12H,4,7H2,1-3H3,(H,14,15). The topological polar surface area (TPSA) is 54.0 Å². The second kappa shape index (κ2) is 5.46. The molecule has 0 fully saturated rings. The molecule has 4 nitrogen and oxygen atoms in total. The van der Waals surface area contributed by atoms with Crippen LogP contribution in [0.15, 0.2) is 12.1 Å². The van der Waals surface area contributed by atoms with Gasteiger partial charge in [0.05, 0.1) is 17.9 Å². The fourth-order valence-corrected chi connectivity index (χ4v) is 1.25. The first kappa shape index (κ1) is 11.7. The van der Waals surface area contributed by atoms with E-state index in [0.717, 1.165) is 23.6 Å². The maximum Gasteiger partial charge on any atom is 0.238 e. The van der Waals surface area contributed by atoms with Crippen LogP contribution in [-0.4, -0.2) is 24.0 Å². The summed E-state index contributed by atoms with van der Waals surface area (Å²) in [6.45, 7) is 6.90. The minimum absolute atomic E-state index is 0.0365. The average Bonchev–Trinajstić information content (AvgIpc) is 2.19. The summed E-state index contributed by atoms with van der Waals surface area (Å²) in [6, 6.07) is 3.76. The van der Waals surface area contributed by atoms with Crippen molar-refractivity contribution in [3.8, 4) is 0 Å². The van der Waals surface area contributed by atoms with E-state index in [1.54, 1.807) is 0 Å². The summed E-state index contributed by atoms with van der Waals surface area (Å²) in [7, 11) is 0. The Labute approximate surface area is 90.1 Å². The molecule has 0 atom stereocenters. The summed E-state index contributed by atoms with van der Waals surface area (Å²) >= 11 is 0. The van der Waals surface area contributed by atoms with E-state index in [0.29, 0.717) is 6.54 Å². The van der Waals surface area contributed by atoms with Crippen molar-refractivity contribution < 1.29 is 4.79 Å². The van der Waals surface area contributed by atoms with Crippen LogP contribution in [0.25, 0.3) is 0 Å². The molecule has 2 N–H and O–H groups in total. The molecule has 4 heteroatoms. The van der Waals surface area contributed by atoms with Gasteiger partial charge in [0.15, 0.2) is 0 Å². The Morgan fingerprint density at radius 1 is 1.40 bits per heavy atom. The van der Waals surface area contributed by atoms with Crippen molar-refractivity contribution in [3.05, 3.63) is 23.5 Å². The van der Waals surface area contributed by atoms with Gasteiger partial charge in [0, 0.05) is 5.69 Å². The third-order valence-electron chi connectivity index (χ3n) is 2.03. The molecule has 0 aliphatic heterocycles. The van der Waals surface area contributed by atoms with Gasteiger partial charge in [-0.15, -0.1) is 0 Å². The number of aromatic nitrogens is 1. The van der Waals surface area contributed by atoms with E-state index in [9.17, 15) is 4.79 Å². The van der Waals surface area contributed by atoms with E-state index < -0.39 is 0 Å². The van der Waals surface area contributed by atoms with Gasteiger partial charge in [0.1, 0.15) is 0 Å². The molecular weight excluding hydrogens is 190 g/mol. The summed E-state index contributed by atoms with van der Waals surface area (Å²) in [5.74, 6) is -0.0365. The Morgan fingerprint density at radius 3 is 2.73 bits per heavy atom. The monoisotopic (exact) mass is 207 g/mol. The van der Waals surface area contributed by atoms with Crippen molar-refractivity contribution in [2.24, 2.45) is 0 Å². The van der Waals surface area contributed by atoms with Crippen molar-refractivity contribution in [3.63, 3.8) is 0 Å². The zero-order chi connectivity index (χ0) is 11.3. The van der Waals surface area contributed by atoms with Crippen molar-refractivity contribution >= 4 is 11.6 Å². The van der Waals surface area contributed by atoms with Gasteiger partial charge >= 0.3 is 0 Å². The smallest absolute Gasteiger partial charge is 0.238 e. The van der Waals surface area contributed by atoms with Crippen LogP contribution in [0.3, 0.4) is 0 Å². The SMILES string of the molecule is CCNCC(=O)Nc1ccc(C)nc1C. The summed E-state index contributed by atoms with van der Waals surface area (Å²) < 4.78 is 0. The van der Waals surface area contributed by atoms with Gasteiger partial charge in [-0.1, -0.05) is 6.92 Å². The first-order valence-electron chi connectivity index (χ1n) is 5.08. The Balaban J connectivity index is 2.60. The van der Waals surface area contributed by atoms with Crippen molar-refractivity contribution in [1.82, 2.24) is 10.3 Å². The fraction of sp³-hybridized carbons (Fsp3) is 0.455. The van der Waals surface area contributed by atoms with Gasteiger partial charge in [-0.25, -0.2) is 0 Å². The van der Waals surface area contributed by atoms with Gasteiger partial charge in [-0.3, -0.25) is 9.78 Å². The Morgan fingerprint density at radius 2 is 2.13 bits per heavy atom. The highest BCUT2D eigenvalue weighted by molar-refractivity contribution is 5.92. The third-order valence-corrected chi connectivity index (χ3v) is 2.03. The number of hydrogen-bond acceptors (Lipinski definition) is 3. The molecule has 1 amide bonds. The van der Waals surface area contributed by atoms with Crippen LogP contribution in [0, 0.1) is 13.8 Å². The first-order valence-corrected chi connectivity index (χ1v) is 5.08. The Bertz CT molecular complexity index is 350. The van der Waals surface area contributed by atoms with Crippen molar-refractivity contribution in [1.29, 1.82) is 0 Å². The first-order chi connectivity index (χ1) is 7.13. The number of nitrogens with zero attached hydrogens (tertiary/aromatic N) is 1. The van der Waals surface area contributed by atoms with Crippen LogP contribution < -0.4 is 10.6 Å². The number of carbonyl (C=O) groups is 1. The molecule has 0 aliphatic carbocycles. The molecule has 0 aromatic carbocycles. The quantitative estimate of drug-likeness (QED) is 0.781. The van der Waals surface area contributed by atoms with Crippen LogP contribution in [-0.2, 0) is 4.79 Å². The van der Waals surface area contributed by atoms with Crippen molar-refractivity contribution in [2.75, 3.05) is 18.4 Å². The van der Waals surface area contributed by atoms with Gasteiger partial charge in [0.2, 0.25) is 5.91 Å². The van der Waals surface area contributed by atoms with E-state index in [4.69, 9.17) is 0 Å². The Kier molecular flexibility index (Phi) is 4.24. The minimum Gasteiger partial charge on any atom is -0.323 e. The highest BCUT2D eigenvalue weighted by Gasteiger charge is 2.04. The fourth-order valence-electron chi connectivity index (χ4n) is 1.25. The molecule has 1 rings (SSSR count). The van der Waals surface area contributed by atoms with Crippen LogP contribution in [0.4, 0.5) is 5.69 Å². The predicted molar refractivity (Wildman–Crippen MR) is 60.9 cm³/mol. The molecule has 0 aliphatic rings. The molecule has 82 valence electrons. The number of carbonyl (C=O) groups excluding carboxylic acids is 1. The van der Waals surface area contributed by atoms with E-state index in [1.807, 2.05) is 32.9 Å². The van der Waals surface area contributed by atoms with Crippen LogP contribution in [0.1, 0.15) is 18.3 Å². The number of pyridine rings is 1. The number of likely N-dealkylation sites (N-methyl/N-ethyl adjacent to an activating group) is 1. The maximum absolute atomic E-state index is 11.4. The van der Waals surface area contributed by atoms with Crippen molar-refractivity contribution in [2.45, 2.75) is 20.8 Å². The molecule has 1 aromatic rings. The van der Waals surface area contributed by atoms with E-state index in [2.05, 4.69) is 15.6 Å². The summed E-state index contributed by atoms with van der Waals surface area (Å²) in [4.78, 5) is 15.7. The Hall–Kier alpha value is -1.42. The third kappa shape index (κ3) is 3.67. The van der Waals surface area contributed by atoms with Gasteiger partial charge < -0.3 is 10.6 Å². The van der Waals surface area contributed by atoms with Gasteiger partial charge in [0.25, 0.3) is 0 Å². The maximum atomic E-state index is 11.4. The van der Waals surface area contributed by atoms with Crippen LogP contribution in [0.5, 0.6) is 0 Å². The normalized spacial score (nSPS) is 10.1. The lowest BCUT2D eigenvalue weighted by Crippen LogP contribution is -2.28.